The summed E-state index contributed by atoms with van der Waals surface area (Å²) < 4.78 is 3.75. The highest BCUT2D eigenvalue weighted by molar-refractivity contribution is 5.51. The van der Waals surface area contributed by atoms with Crippen LogP contribution in [-0.4, -0.2) is 24.4 Å². The van der Waals surface area contributed by atoms with Crippen LogP contribution < -0.4 is 5.32 Å². The molecule has 0 spiro atoms. The van der Waals surface area contributed by atoms with E-state index in [0.717, 1.165) is 29.4 Å². The van der Waals surface area contributed by atoms with E-state index in [2.05, 4.69) is 47.3 Å². The summed E-state index contributed by atoms with van der Waals surface area (Å²) in [6.45, 7) is 9.08. The summed E-state index contributed by atoms with van der Waals surface area (Å²) in [5.41, 5.74) is 5.27. The molecule has 0 saturated carbocycles. The Kier molecular flexibility index (Phi) is 3.60. The summed E-state index contributed by atoms with van der Waals surface area (Å²) in [5.74, 6) is 1.34. The molecule has 0 unspecified atom stereocenters. The van der Waals surface area contributed by atoms with Gasteiger partial charge in [-0.25, -0.2) is 4.98 Å². The molecule has 6 heteroatoms. The van der Waals surface area contributed by atoms with Crippen LogP contribution in [0.5, 0.6) is 0 Å². The molecule has 3 aromatic rings. The lowest BCUT2D eigenvalue weighted by atomic mass is 10.1. The largest absolute Gasteiger partial charge is 0.366 e. The molecule has 6 nitrogen and oxygen atoms in total. The number of nitrogens with one attached hydrogen (secondary N) is 1. The van der Waals surface area contributed by atoms with Gasteiger partial charge in [-0.1, -0.05) is 13.8 Å². The lowest BCUT2D eigenvalue weighted by Crippen LogP contribution is -2.08. The van der Waals surface area contributed by atoms with E-state index in [4.69, 9.17) is 0 Å². The van der Waals surface area contributed by atoms with Crippen LogP contribution in [0.2, 0.25) is 0 Å². The van der Waals surface area contributed by atoms with E-state index in [9.17, 15) is 0 Å². The fourth-order valence-electron chi connectivity index (χ4n) is 2.43. The zero-order chi connectivity index (χ0) is 15.9. The molecule has 0 aliphatic carbocycles. The molecule has 0 fully saturated rings. The summed E-state index contributed by atoms with van der Waals surface area (Å²) in [5, 5.41) is 12.3. The second-order valence-corrected chi connectivity index (χ2v) is 6.01. The Morgan fingerprint density at radius 2 is 2.00 bits per heavy atom. The molecule has 0 saturated heterocycles. The second kappa shape index (κ2) is 5.44. The molecule has 0 aliphatic rings. The first-order chi connectivity index (χ1) is 10.5. The number of nitrogens with zero attached hydrogens (tertiary/aromatic N) is 5. The van der Waals surface area contributed by atoms with Crippen molar-refractivity contribution in [2.24, 2.45) is 7.05 Å². The number of hydrogen-bond acceptors (Lipinski definition) is 4. The highest BCUT2D eigenvalue weighted by Gasteiger charge is 2.11. The Morgan fingerprint density at radius 1 is 1.23 bits per heavy atom. The Bertz CT molecular complexity index is 812. The van der Waals surface area contributed by atoms with E-state index in [0.29, 0.717) is 5.92 Å². The topological polar surface area (TPSA) is 60.0 Å². The summed E-state index contributed by atoms with van der Waals surface area (Å²) in [6.07, 6.45) is 1.90. The standard InChI is InChI=1S/C16H22N6/c1-10(2)14-7-15(22-16(19-14)6-11(3)20-22)17-8-13-9-18-21(5)12(13)4/h6-7,9-10,17H,8H2,1-5H3. The highest BCUT2D eigenvalue weighted by Crippen LogP contribution is 2.20. The average Bonchev–Trinajstić information content (AvgIpc) is 2.99. The van der Waals surface area contributed by atoms with E-state index in [-0.39, 0.29) is 0 Å². The van der Waals surface area contributed by atoms with Crippen LogP contribution in [0.25, 0.3) is 5.65 Å². The van der Waals surface area contributed by atoms with Crippen molar-refractivity contribution in [3.63, 3.8) is 0 Å². The Morgan fingerprint density at radius 3 is 2.64 bits per heavy atom. The van der Waals surface area contributed by atoms with Gasteiger partial charge in [-0.05, 0) is 19.8 Å². The molecule has 0 radical (unpaired) electrons. The van der Waals surface area contributed by atoms with Crippen LogP contribution in [0.3, 0.4) is 0 Å². The SMILES string of the molecule is Cc1cc2nc(C(C)C)cc(NCc3cnn(C)c3C)n2n1. The first-order valence-corrected chi connectivity index (χ1v) is 7.54. The summed E-state index contributed by atoms with van der Waals surface area (Å²) in [7, 11) is 1.96. The molecule has 3 aromatic heterocycles. The van der Waals surface area contributed by atoms with Crippen molar-refractivity contribution in [2.75, 3.05) is 5.32 Å². The quantitative estimate of drug-likeness (QED) is 0.804. The van der Waals surface area contributed by atoms with E-state index in [1.807, 2.05) is 35.4 Å². The minimum Gasteiger partial charge on any atom is -0.366 e. The third-order valence-corrected chi connectivity index (χ3v) is 3.96. The van der Waals surface area contributed by atoms with Gasteiger partial charge in [-0.3, -0.25) is 4.68 Å². The van der Waals surface area contributed by atoms with Crippen molar-refractivity contribution in [1.29, 1.82) is 0 Å². The van der Waals surface area contributed by atoms with Gasteiger partial charge in [0.15, 0.2) is 5.65 Å². The Hall–Kier alpha value is -2.37. The maximum atomic E-state index is 4.68. The average molecular weight is 298 g/mol. The molecule has 3 rings (SSSR count). The van der Waals surface area contributed by atoms with Crippen LogP contribution in [0.4, 0.5) is 5.82 Å². The molecule has 0 aliphatic heterocycles. The third kappa shape index (κ3) is 2.56. The molecule has 0 aromatic carbocycles. The number of hydrogen-bond donors (Lipinski definition) is 1. The van der Waals surface area contributed by atoms with Crippen LogP contribution >= 0.6 is 0 Å². The van der Waals surface area contributed by atoms with Gasteiger partial charge < -0.3 is 5.32 Å². The fraction of sp³-hybridized carbons (Fsp3) is 0.438. The van der Waals surface area contributed by atoms with Gasteiger partial charge in [0.1, 0.15) is 5.82 Å². The zero-order valence-electron chi connectivity index (χ0n) is 13.8. The number of rotatable bonds is 4. The van der Waals surface area contributed by atoms with Gasteiger partial charge in [0.05, 0.1) is 11.9 Å². The molecule has 0 amide bonds. The lowest BCUT2D eigenvalue weighted by molar-refractivity contribution is 0.738. The first kappa shape index (κ1) is 14.6. The fourth-order valence-corrected chi connectivity index (χ4v) is 2.43. The van der Waals surface area contributed by atoms with Gasteiger partial charge in [0.2, 0.25) is 0 Å². The number of anilines is 1. The van der Waals surface area contributed by atoms with Gasteiger partial charge in [-0.2, -0.15) is 14.7 Å². The van der Waals surface area contributed by atoms with Crippen LogP contribution in [0.1, 0.15) is 42.4 Å². The minimum atomic E-state index is 0.376. The van der Waals surface area contributed by atoms with E-state index in [1.54, 1.807) is 0 Å². The van der Waals surface area contributed by atoms with Crippen LogP contribution in [0, 0.1) is 13.8 Å². The normalized spacial score (nSPS) is 11.5. The predicted molar refractivity (Wildman–Crippen MR) is 87.1 cm³/mol. The predicted octanol–water partition coefficient (Wildman–Crippen LogP) is 2.82. The van der Waals surface area contributed by atoms with Crippen molar-refractivity contribution in [1.82, 2.24) is 24.4 Å². The van der Waals surface area contributed by atoms with Gasteiger partial charge in [0, 0.05) is 42.7 Å². The Labute approximate surface area is 130 Å². The zero-order valence-corrected chi connectivity index (χ0v) is 13.8. The Balaban J connectivity index is 1.96. The van der Waals surface area contributed by atoms with Gasteiger partial charge in [-0.15, -0.1) is 0 Å². The van der Waals surface area contributed by atoms with Crippen molar-refractivity contribution < 1.29 is 0 Å². The molecule has 116 valence electrons. The van der Waals surface area contributed by atoms with Crippen LogP contribution in [-0.2, 0) is 13.6 Å². The molecule has 0 bridgehead atoms. The second-order valence-electron chi connectivity index (χ2n) is 6.01. The van der Waals surface area contributed by atoms with Crippen molar-refractivity contribution in [3.8, 4) is 0 Å². The minimum absolute atomic E-state index is 0.376. The molecular weight excluding hydrogens is 276 g/mol. The van der Waals surface area contributed by atoms with Crippen LogP contribution in [0.15, 0.2) is 18.3 Å². The first-order valence-electron chi connectivity index (χ1n) is 7.54. The monoisotopic (exact) mass is 298 g/mol. The highest BCUT2D eigenvalue weighted by atomic mass is 15.3. The summed E-state index contributed by atoms with van der Waals surface area (Å²) in [4.78, 5) is 4.68. The van der Waals surface area contributed by atoms with E-state index >= 15 is 0 Å². The number of fused-ring (bicyclic) bond motifs is 1. The maximum Gasteiger partial charge on any atom is 0.157 e. The smallest absolute Gasteiger partial charge is 0.157 e. The molecule has 1 N–H and O–H groups in total. The van der Waals surface area contributed by atoms with Crippen molar-refractivity contribution in [2.45, 2.75) is 40.2 Å². The van der Waals surface area contributed by atoms with Crippen molar-refractivity contribution in [3.05, 3.63) is 41.0 Å². The summed E-state index contributed by atoms with van der Waals surface area (Å²) in [6, 6.07) is 4.09. The number of aromatic nitrogens is 5. The molecule has 22 heavy (non-hydrogen) atoms. The van der Waals surface area contributed by atoms with Gasteiger partial charge in [0.25, 0.3) is 0 Å². The maximum absolute atomic E-state index is 4.68. The molecule has 0 atom stereocenters. The summed E-state index contributed by atoms with van der Waals surface area (Å²) >= 11 is 0. The lowest BCUT2D eigenvalue weighted by Gasteiger charge is -2.12. The number of aryl methyl sites for hydroxylation is 2. The van der Waals surface area contributed by atoms with Gasteiger partial charge >= 0.3 is 0 Å². The van der Waals surface area contributed by atoms with E-state index in [1.165, 1.54) is 11.3 Å². The van der Waals surface area contributed by atoms with E-state index < -0.39 is 0 Å². The molecule has 3 heterocycles. The third-order valence-electron chi connectivity index (χ3n) is 3.96. The molecular formula is C16H22N6. The van der Waals surface area contributed by atoms with Crippen molar-refractivity contribution >= 4 is 11.5 Å².